The first-order valence-corrected chi connectivity index (χ1v) is 6.39. The molecule has 0 heterocycles. The number of thioether (sulfide) groups is 1. The summed E-state index contributed by atoms with van der Waals surface area (Å²) in [5, 5.41) is 0. The van der Waals surface area contributed by atoms with E-state index in [0.29, 0.717) is 0 Å². The Labute approximate surface area is 101 Å². The predicted octanol–water partition coefficient (Wildman–Crippen LogP) is 2.32. The number of hydrogen-bond acceptors (Lipinski definition) is 4. The molecule has 0 saturated carbocycles. The smallest absolute Gasteiger partial charge is 0.136 e. The Hall–Kier alpha value is -0.870. The van der Waals surface area contributed by atoms with Crippen LogP contribution in [0, 0.1) is 0 Å². The van der Waals surface area contributed by atoms with Gasteiger partial charge in [-0.05, 0) is 31.2 Å². The number of benzene rings is 1. The standard InChI is InChI=1S/C12H19NO2S/c1-8(13)5-9-6-12(16-4)11(15-3)7-10(9)14-2/h6-8H,5,13H2,1-4H3/t8-/m0/s1. The summed E-state index contributed by atoms with van der Waals surface area (Å²) in [4.78, 5) is 1.11. The molecule has 0 fully saturated rings. The molecule has 2 N–H and O–H groups in total. The van der Waals surface area contributed by atoms with Gasteiger partial charge >= 0.3 is 0 Å². The topological polar surface area (TPSA) is 44.5 Å². The molecule has 16 heavy (non-hydrogen) atoms. The number of methoxy groups -OCH3 is 2. The maximum atomic E-state index is 5.82. The lowest BCUT2D eigenvalue weighted by atomic mass is 10.1. The molecule has 90 valence electrons. The van der Waals surface area contributed by atoms with E-state index in [1.54, 1.807) is 26.0 Å². The molecule has 0 unspecified atom stereocenters. The first kappa shape index (κ1) is 13.2. The van der Waals surface area contributed by atoms with Crippen molar-refractivity contribution in [3.63, 3.8) is 0 Å². The quantitative estimate of drug-likeness (QED) is 0.804. The van der Waals surface area contributed by atoms with E-state index in [4.69, 9.17) is 15.2 Å². The fraction of sp³-hybridized carbons (Fsp3) is 0.500. The van der Waals surface area contributed by atoms with Crippen molar-refractivity contribution >= 4 is 11.8 Å². The molecule has 4 heteroatoms. The van der Waals surface area contributed by atoms with Crippen LogP contribution < -0.4 is 15.2 Å². The van der Waals surface area contributed by atoms with Crippen LogP contribution in [0.1, 0.15) is 12.5 Å². The summed E-state index contributed by atoms with van der Waals surface area (Å²) in [6.07, 6.45) is 2.83. The van der Waals surface area contributed by atoms with Crippen LogP contribution in [0.2, 0.25) is 0 Å². The number of nitrogens with two attached hydrogens (primary N) is 1. The normalized spacial score (nSPS) is 12.3. The first-order chi connectivity index (χ1) is 7.62. The Kier molecular flexibility index (Phi) is 4.96. The summed E-state index contributed by atoms with van der Waals surface area (Å²) in [5.74, 6) is 1.68. The van der Waals surface area contributed by atoms with Crippen LogP contribution >= 0.6 is 11.8 Å². The summed E-state index contributed by atoms with van der Waals surface area (Å²) in [6.45, 7) is 1.99. The highest BCUT2D eigenvalue weighted by atomic mass is 32.2. The molecule has 0 aliphatic rings. The van der Waals surface area contributed by atoms with Crippen molar-refractivity contribution in [2.45, 2.75) is 24.3 Å². The molecule has 0 spiro atoms. The average Bonchev–Trinajstić information content (AvgIpc) is 2.27. The van der Waals surface area contributed by atoms with Crippen molar-refractivity contribution in [2.24, 2.45) is 5.73 Å². The summed E-state index contributed by atoms with van der Waals surface area (Å²) in [7, 11) is 3.33. The Morgan fingerprint density at radius 3 is 2.31 bits per heavy atom. The van der Waals surface area contributed by atoms with E-state index in [1.165, 1.54) is 0 Å². The molecule has 1 atom stereocenters. The van der Waals surface area contributed by atoms with Gasteiger partial charge in [0.05, 0.1) is 14.2 Å². The highest BCUT2D eigenvalue weighted by molar-refractivity contribution is 7.98. The summed E-state index contributed by atoms with van der Waals surface area (Å²) >= 11 is 1.66. The Morgan fingerprint density at radius 2 is 1.88 bits per heavy atom. The van der Waals surface area contributed by atoms with Crippen molar-refractivity contribution in [1.29, 1.82) is 0 Å². The molecule has 0 radical (unpaired) electrons. The second-order valence-corrected chi connectivity index (χ2v) is 4.55. The van der Waals surface area contributed by atoms with Gasteiger partial charge in [0.1, 0.15) is 11.5 Å². The van der Waals surface area contributed by atoms with E-state index in [-0.39, 0.29) is 6.04 Å². The van der Waals surface area contributed by atoms with Crippen molar-refractivity contribution in [3.05, 3.63) is 17.7 Å². The van der Waals surface area contributed by atoms with Crippen molar-refractivity contribution in [1.82, 2.24) is 0 Å². The van der Waals surface area contributed by atoms with Gasteiger partial charge in [0.25, 0.3) is 0 Å². The van der Waals surface area contributed by atoms with E-state index < -0.39 is 0 Å². The maximum Gasteiger partial charge on any atom is 0.136 e. The Morgan fingerprint density at radius 1 is 1.25 bits per heavy atom. The van der Waals surface area contributed by atoms with Crippen molar-refractivity contribution in [2.75, 3.05) is 20.5 Å². The molecule has 1 aromatic rings. The molecule has 0 saturated heterocycles. The molecule has 3 nitrogen and oxygen atoms in total. The molecule has 0 bridgehead atoms. The van der Waals surface area contributed by atoms with Gasteiger partial charge in [-0.1, -0.05) is 0 Å². The molecule has 0 aliphatic heterocycles. The van der Waals surface area contributed by atoms with Crippen LogP contribution in [0.15, 0.2) is 17.0 Å². The minimum atomic E-state index is 0.122. The molecule has 0 aliphatic carbocycles. The fourth-order valence-corrected chi connectivity index (χ4v) is 2.20. The van der Waals surface area contributed by atoms with Crippen molar-refractivity contribution in [3.8, 4) is 11.5 Å². The molecule has 1 rings (SSSR count). The minimum absolute atomic E-state index is 0.122. The van der Waals surface area contributed by atoms with Gasteiger partial charge in [0.2, 0.25) is 0 Å². The van der Waals surface area contributed by atoms with Crippen LogP contribution in [0.4, 0.5) is 0 Å². The first-order valence-electron chi connectivity index (χ1n) is 5.16. The van der Waals surface area contributed by atoms with E-state index >= 15 is 0 Å². The highest BCUT2D eigenvalue weighted by Gasteiger charge is 2.11. The SMILES string of the molecule is COc1cc(OC)c(SC)cc1C[C@H](C)N. The Balaban J connectivity index is 3.15. The van der Waals surface area contributed by atoms with Gasteiger partial charge in [-0.25, -0.2) is 0 Å². The lowest BCUT2D eigenvalue weighted by Gasteiger charge is -2.15. The summed E-state index contributed by atoms with van der Waals surface area (Å²) in [6, 6.07) is 4.13. The van der Waals surface area contributed by atoms with Crippen LogP contribution in [0.5, 0.6) is 11.5 Å². The Bertz CT molecular complexity index is 353. The second-order valence-electron chi connectivity index (χ2n) is 3.70. The maximum absolute atomic E-state index is 5.82. The van der Waals surface area contributed by atoms with Gasteiger partial charge < -0.3 is 15.2 Å². The van der Waals surface area contributed by atoms with Gasteiger partial charge in [-0.15, -0.1) is 11.8 Å². The van der Waals surface area contributed by atoms with Gasteiger partial charge in [-0.2, -0.15) is 0 Å². The third kappa shape index (κ3) is 3.06. The second kappa shape index (κ2) is 6.01. The molecule has 1 aromatic carbocycles. The highest BCUT2D eigenvalue weighted by Crippen LogP contribution is 2.34. The van der Waals surface area contributed by atoms with Crippen LogP contribution in [-0.4, -0.2) is 26.5 Å². The van der Waals surface area contributed by atoms with E-state index in [0.717, 1.165) is 28.4 Å². The third-order valence-corrected chi connectivity index (χ3v) is 3.09. The summed E-state index contributed by atoms with van der Waals surface area (Å²) < 4.78 is 10.6. The van der Waals surface area contributed by atoms with Crippen LogP contribution in [-0.2, 0) is 6.42 Å². The largest absolute Gasteiger partial charge is 0.496 e. The summed E-state index contributed by atoms with van der Waals surface area (Å²) in [5.41, 5.74) is 6.94. The lowest BCUT2D eigenvalue weighted by molar-refractivity contribution is 0.384. The zero-order chi connectivity index (χ0) is 12.1. The minimum Gasteiger partial charge on any atom is -0.496 e. The fourth-order valence-electron chi connectivity index (χ4n) is 1.60. The van der Waals surface area contributed by atoms with Crippen molar-refractivity contribution < 1.29 is 9.47 Å². The average molecular weight is 241 g/mol. The monoisotopic (exact) mass is 241 g/mol. The number of hydrogen-bond donors (Lipinski definition) is 1. The van der Waals surface area contributed by atoms with Gasteiger partial charge in [-0.3, -0.25) is 0 Å². The molecular weight excluding hydrogens is 222 g/mol. The molecular formula is C12H19NO2S. The van der Waals surface area contributed by atoms with Crippen LogP contribution in [0.25, 0.3) is 0 Å². The predicted molar refractivity (Wildman–Crippen MR) is 68.7 cm³/mol. The lowest BCUT2D eigenvalue weighted by Crippen LogP contribution is -2.18. The zero-order valence-corrected chi connectivity index (χ0v) is 11.1. The van der Waals surface area contributed by atoms with Crippen LogP contribution in [0.3, 0.4) is 0 Å². The van der Waals surface area contributed by atoms with E-state index in [1.807, 2.05) is 19.2 Å². The zero-order valence-electron chi connectivity index (χ0n) is 10.2. The van der Waals surface area contributed by atoms with E-state index in [9.17, 15) is 0 Å². The molecule has 0 amide bonds. The number of ether oxygens (including phenoxy) is 2. The molecule has 0 aromatic heterocycles. The van der Waals surface area contributed by atoms with Gasteiger partial charge in [0.15, 0.2) is 0 Å². The van der Waals surface area contributed by atoms with E-state index in [2.05, 4.69) is 6.07 Å². The third-order valence-electron chi connectivity index (χ3n) is 2.33. The van der Waals surface area contributed by atoms with Gasteiger partial charge in [0, 0.05) is 17.0 Å². The number of rotatable bonds is 5.